The van der Waals surface area contributed by atoms with Gasteiger partial charge < -0.3 is 18.8 Å². The first-order valence-electron chi connectivity index (χ1n) is 9.65. The molecule has 0 radical (unpaired) electrons. The van der Waals surface area contributed by atoms with Crippen molar-refractivity contribution in [2.75, 3.05) is 26.6 Å². The van der Waals surface area contributed by atoms with Gasteiger partial charge in [-0.2, -0.15) is 0 Å². The van der Waals surface area contributed by atoms with Gasteiger partial charge >= 0.3 is 5.97 Å². The van der Waals surface area contributed by atoms with Crippen LogP contribution in [0.25, 0.3) is 0 Å². The fourth-order valence-electron chi connectivity index (χ4n) is 3.61. The molecule has 1 aliphatic heterocycles. The fourth-order valence-corrected chi connectivity index (χ4v) is 4.04. The number of nitrogens with zero attached hydrogens (tertiary/aromatic N) is 1. The number of aromatic nitrogens is 1. The van der Waals surface area contributed by atoms with Gasteiger partial charge in [-0.05, 0) is 57.2 Å². The monoisotopic (exact) mass is 417 g/mol. The summed E-state index contributed by atoms with van der Waals surface area (Å²) in [6.07, 6.45) is 4.25. The van der Waals surface area contributed by atoms with Gasteiger partial charge in [-0.25, -0.2) is 4.79 Å². The molecule has 1 aromatic carbocycles. The molecule has 0 aliphatic carbocycles. The van der Waals surface area contributed by atoms with Crippen LogP contribution < -0.4 is 4.74 Å². The largest absolute Gasteiger partial charge is 0.496 e. The molecule has 0 unspecified atom stereocenters. The van der Waals surface area contributed by atoms with E-state index in [-0.39, 0.29) is 18.5 Å². The van der Waals surface area contributed by atoms with Gasteiger partial charge in [0.1, 0.15) is 11.3 Å². The summed E-state index contributed by atoms with van der Waals surface area (Å²) >= 11 is 1.55. The summed E-state index contributed by atoms with van der Waals surface area (Å²) in [5, 5.41) is 0. The minimum Gasteiger partial charge on any atom is -0.496 e. The molecule has 0 N–H and O–H groups in total. The predicted octanol–water partition coefficient (Wildman–Crippen LogP) is 4.05. The number of ether oxygens (including phenoxy) is 3. The molecule has 7 heteroatoms. The van der Waals surface area contributed by atoms with Crippen molar-refractivity contribution in [3.8, 4) is 5.75 Å². The molecule has 6 nitrogen and oxygen atoms in total. The average molecular weight is 418 g/mol. The predicted molar refractivity (Wildman–Crippen MR) is 112 cm³/mol. The Morgan fingerprint density at radius 2 is 2.03 bits per heavy atom. The van der Waals surface area contributed by atoms with E-state index in [0.717, 1.165) is 42.3 Å². The number of esters is 1. The van der Waals surface area contributed by atoms with Gasteiger partial charge in [-0.1, -0.05) is 0 Å². The first kappa shape index (κ1) is 21.5. The van der Waals surface area contributed by atoms with Crippen LogP contribution in [-0.4, -0.2) is 49.0 Å². The third-order valence-electron chi connectivity index (χ3n) is 5.25. The van der Waals surface area contributed by atoms with Crippen molar-refractivity contribution in [1.82, 2.24) is 4.57 Å². The number of aryl methyl sites for hydroxylation is 1. The van der Waals surface area contributed by atoms with Crippen molar-refractivity contribution >= 4 is 23.5 Å². The minimum atomic E-state index is -0.573. The summed E-state index contributed by atoms with van der Waals surface area (Å²) in [7, 11) is 1.50. The average Bonchev–Trinajstić information content (AvgIpc) is 3.35. The molecular formula is C22H27NO5S. The number of rotatable bonds is 8. The quantitative estimate of drug-likeness (QED) is 0.367. The number of methoxy groups -OCH3 is 1. The SMILES string of the molecule is COc1cc(SC)ccc1C(=O)OCC(=O)c1cc(C)n(C[C@H]2CCCO2)c1C. The van der Waals surface area contributed by atoms with Crippen molar-refractivity contribution < 1.29 is 23.8 Å². The molecule has 1 aromatic heterocycles. The molecule has 2 aromatic rings. The van der Waals surface area contributed by atoms with Crippen LogP contribution in [0.3, 0.4) is 0 Å². The van der Waals surface area contributed by atoms with Gasteiger partial charge in [-0.15, -0.1) is 11.8 Å². The van der Waals surface area contributed by atoms with Crippen LogP contribution in [0.2, 0.25) is 0 Å². The number of thioether (sulfide) groups is 1. The highest BCUT2D eigenvalue weighted by Crippen LogP contribution is 2.26. The van der Waals surface area contributed by atoms with Crippen molar-refractivity contribution in [3.63, 3.8) is 0 Å². The number of hydrogen-bond acceptors (Lipinski definition) is 6. The number of benzene rings is 1. The van der Waals surface area contributed by atoms with Gasteiger partial charge in [-0.3, -0.25) is 4.79 Å². The Balaban J connectivity index is 1.67. The Morgan fingerprint density at radius 3 is 2.69 bits per heavy atom. The normalized spacial score (nSPS) is 16.1. The molecule has 1 atom stereocenters. The van der Waals surface area contributed by atoms with Crippen LogP contribution in [-0.2, 0) is 16.0 Å². The van der Waals surface area contributed by atoms with Crippen molar-refractivity contribution in [2.24, 2.45) is 0 Å². The Labute approximate surface area is 175 Å². The van der Waals surface area contributed by atoms with E-state index in [9.17, 15) is 9.59 Å². The highest BCUT2D eigenvalue weighted by atomic mass is 32.2. The van der Waals surface area contributed by atoms with Crippen LogP contribution >= 0.6 is 11.8 Å². The first-order chi connectivity index (χ1) is 13.9. The summed E-state index contributed by atoms with van der Waals surface area (Å²) in [5.74, 6) is -0.357. The summed E-state index contributed by atoms with van der Waals surface area (Å²) in [6, 6.07) is 7.12. The van der Waals surface area contributed by atoms with Gasteiger partial charge in [0.15, 0.2) is 6.61 Å². The first-order valence-corrected chi connectivity index (χ1v) is 10.9. The lowest BCUT2D eigenvalue weighted by molar-refractivity contribution is 0.0471. The third kappa shape index (κ3) is 4.85. The molecule has 0 bridgehead atoms. The summed E-state index contributed by atoms with van der Waals surface area (Å²) in [4.78, 5) is 26.1. The van der Waals surface area contributed by atoms with Gasteiger partial charge in [0.2, 0.25) is 5.78 Å². The number of ketones is 1. The Bertz CT molecular complexity index is 899. The van der Waals surface area contributed by atoms with Crippen LogP contribution in [0.15, 0.2) is 29.2 Å². The topological polar surface area (TPSA) is 66.8 Å². The highest BCUT2D eigenvalue weighted by Gasteiger charge is 2.22. The molecule has 0 spiro atoms. The number of carbonyl (C=O) groups excluding carboxylic acids is 2. The fraction of sp³-hybridized carbons (Fsp3) is 0.455. The second-order valence-electron chi connectivity index (χ2n) is 7.10. The second kappa shape index (κ2) is 9.50. The van der Waals surface area contributed by atoms with E-state index in [1.54, 1.807) is 23.9 Å². The van der Waals surface area contributed by atoms with Crippen molar-refractivity contribution in [2.45, 2.75) is 44.2 Å². The summed E-state index contributed by atoms with van der Waals surface area (Å²) in [6.45, 7) is 5.12. The Hall–Kier alpha value is -2.25. The Morgan fingerprint density at radius 1 is 1.24 bits per heavy atom. The van der Waals surface area contributed by atoms with Crippen LogP contribution in [0.1, 0.15) is 44.9 Å². The van der Waals surface area contributed by atoms with Crippen LogP contribution in [0.5, 0.6) is 5.75 Å². The molecule has 156 valence electrons. The van der Waals surface area contributed by atoms with E-state index < -0.39 is 5.97 Å². The zero-order valence-corrected chi connectivity index (χ0v) is 18.1. The standard InChI is InChI=1S/C22H27NO5S/c1-14-10-19(15(2)23(14)12-16-6-5-9-27-16)20(24)13-28-22(25)18-8-7-17(29-4)11-21(18)26-3/h7-8,10-11,16H,5-6,9,12-13H2,1-4H3/t16-/m1/s1. The van der Waals surface area contributed by atoms with E-state index in [1.165, 1.54) is 7.11 Å². The smallest absolute Gasteiger partial charge is 0.342 e. The molecule has 2 heterocycles. The van der Waals surface area contributed by atoms with Crippen molar-refractivity contribution in [3.05, 3.63) is 46.8 Å². The summed E-state index contributed by atoms with van der Waals surface area (Å²) < 4.78 is 18.4. The molecule has 0 saturated carbocycles. The zero-order chi connectivity index (χ0) is 21.0. The number of carbonyl (C=O) groups is 2. The molecule has 1 aliphatic rings. The third-order valence-corrected chi connectivity index (χ3v) is 5.97. The second-order valence-corrected chi connectivity index (χ2v) is 7.98. The van der Waals surface area contributed by atoms with E-state index in [1.807, 2.05) is 32.2 Å². The lowest BCUT2D eigenvalue weighted by Gasteiger charge is -2.14. The molecule has 3 rings (SSSR count). The maximum absolute atomic E-state index is 12.7. The molecular weight excluding hydrogens is 390 g/mol. The van der Waals surface area contributed by atoms with E-state index >= 15 is 0 Å². The maximum atomic E-state index is 12.7. The minimum absolute atomic E-state index is 0.192. The lowest BCUT2D eigenvalue weighted by atomic mass is 10.1. The van der Waals surface area contributed by atoms with Crippen LogP contribution in [0.4, 0.5) is 0 Å². The van der Waals surface area contributed by atoms with E-state index in [0.29, 0.717) is 16.9 Å². The van der Waals surface area contributed by atoms with Gasteiger partial charge in [0.25, 0.3) is 0 Å². The highest BCUT2D eigenvalue weighted by molar-refractivity contribution is 7.98. The van der Waals surface area contributed by atoms with Crippen molar-refractivity contribution in [1.29, 1.82) is 0 Å². The maximum Gasteiger partial charge on any atom is 0.342 e. The molecule has 1 fully saturated rings. The van der Waals surface area contributed by atoms with Crippen LogP contribution in [0, 0.1) is 13.8 Å². The Kier molecular flexibility index (Phi) is 7.03. The molecule has 29 heavy (non-hydrogen) atoms. The lowest BCUT2D eigenvalue weighted by Crippen LogP contribution is -2.18. The molecule has 1 saturated heterocycles. The van der Waals surface area contributed by atoms with E-state index in [4.69, 9.17) is 14.2 Å². The number of Topliss-reactive ketones (excluding diaryl/α,β-unsaturated/α-hetero) is 1. The van der Waals surface area contributed by atoms with E-state index in [2.05, 4.69) is 4.57 Å². The molecule has 0 amide bonds. The zero-order valence-electron chi connectivity index (χ0n) is 17.3. The van der Waals surface area contributed by atoms with Gasteiger partial charge in [0, 0.05) is 35.0 Å². The number of hydrogen-bond donors (Lipinski definition) is 0. The van der Waals surface area contributed by atoms with Gasteiger partial charge in [0.05, 0.1) is 13.2 Å². The summed E-state index contributed by atoms with van der Waals surface area (Å²) in [5.41, 5.74) is 2.77.